The van der Waals surface area contributed by atoms with Gasteiger partial charge in [0.2, 0.25) is 5.91 Å². The number of carbonyl (C=O) groups is 1. The Hall–Kier alpha value is -1.88. The van der Waals surface area contributed by atoms with Gasteiger partial charge in [-0.25, -0.2) is 4.98 Å². The van der Waals surface area contributed by atoms with Gasteiger partial charge in [0.1, 0.15) is 5.52 Å². The molecule has 0 aliphatic carbocycles. The molecule has 0 bridgehead atoms. The third-order valence-corrected chi connectivity index (χ3v) is 3.32. The zero-order chi connectivity index (χ0) is 12.5. The van der Waals surface area contributed by atoms with Crippen molar-refractivity contribution in [2.24, 2.45) is 5.92 Å². The molecule has 0 atom stereocenters. The number of fused-ring (bicyclic) bond motifs is 1. The molecule has 1 aromatic carbocycles. The van der Waals surface area contributed by atoms with Gasteiger partial charge in [0.05, 0.1) is 5.92 Å². The fourth-order valence-electron chi connectivity index (χ4n) is 2.12. The van der Waals surface area contributed by atoms with E-state index in [1.54, 1.807) is 4.90 Å². The molecular formula is C13H15N3O2. The van der Waals surface area contributed by atoms with Crippen LogP contribution in [-0.2, 0) is 11.3 Å². The summed E-state index contributed by atoms with van der Waals surface area (Å²) < 4.78 is 5.26. The molecule has 0 saturated carbocycles. The van der Waals surface area contributed by atoms with Gasteiger partial charge in [0.15, 0.2) is 12.0 Å². The Balaban J connectivity index is 1.72. The van der Waals surface area contributed by atoms with E-state index in [9.17, 15) is 4.79 Å². The molecule has 1 aliphatic heterocycles. The third-order valence-electron chi connectivity index (χ3n) is 3.32. The van der Waals surface area contributed by atoms with Crippen LogP contribution in [0.1, 0.15) is 5.56 Å². The molecule has 1 saturated heterocycles. The fraction of sp³-hybridized carbons (Fsp3) is 0.385. The van der Waals surface area contributed by atoms with Crippen molar-refractivity contribution in [3.8, 4) is 0 Å². The second kappa shape index (κ2) is 4.42. The van der Waals surface area contributed by atoms with Crippen molar-refractivity contribution in [2.75, 3.05) is 20.1 Å². The molecule has 1 N–H and O–H groups in total. The molecule has 1 amide bonds. The molecule has 0 radical (unpaired) electrons. The molecule has 1 aromatic heterocycles. The maximum Gasteiger partial charge on any atom is 0.228 e. The smallest absolute Gasteiger partial charge is 0.228 e. The number of rotatable bonds is 3. The van der Waals surface area contributed by atoms with E-state index in [2.05, 4.69) is 10.3 Å². The second-order valence-corrected chi connectivity index (χ2v) is 4.70. The second-order valence-electron chi connectivity index (χ2n) is 4.70. The number of aromatic nitrogens is 1. The Labute approximate surface area is 105 Å². The van der Waals surface area contributed by atoms with Crippen molar-refractivity contribution in [3.05, 3.63) is 30.2 Å². The van der Waals surface area contributed by atoms with E-state index in [4.69, 9.17) is 4.42 Å². The van der Waals surface area contributed by atoms with Crippen molar-refractivity contribution in [2.45, 2.75) is 6.54 Å². The van der Waals surface area contributed by atoms with Crippen LogP contribution in [0.3, 0.4) is 0 Å². The first-order valence-electron chi connectivity index (χ1n) is 6.02. The summed E-state index contributed by atoms with van der Waals surface area (Å²) in [6, 6.07) is 5.83. The number of nitrogens with zero attached hydrogens (tertiary/aromatic N) is 2. The van der Waals surface area contributed by atoms with Gasteiger partial charge in [0, 0.05) is 26.7 Å². The Morgan fingerprint density at radius 2 is 2.39 bits per heavy atom. The van der Waals surface area contributed by atoms with Gasteiger partial charge < -0.3 is 14.6 Å². The highest BCUT2D eigenvalue weighted by Crippen LogP contribution is 2.16. The maximum absolute atomic E-state index is 12.0. The van der Waals surface area contributed by atoms with Gasteiger partial charge in [-0.1, -0.05) is 6.07 Å². The third kappa shape index (κ3) is 1.97. The molecule has 5 heteroatoms. The van der Waals surface area contributed by atoms with Crippen LogP contribution in [0.15, 0.2) is 29.0 Å². The molecule has 2 aromatic rings. The van der Waals surface area contributed by atoms with Crippen LogP contribution in [0.2, 0.25) is 0 Å². The normalized spacial score (nSPS) is 15.6. The standard InChI is InChI=1S/C13H15N3O2/c1-16(13(17)10-5-14-6-10)7-9-2-3-11-12(4-9)18-8-15-11/h2-4,8,10,14H,5-7H2,1H3. The lowest BCUT2D eigenvalue weighted by Gasteiger charge is -2.30. The van der Waals surface area contributed by atoms with Crippen LogP contribution >= 0.6 is 0 Å². The van der Waals surface area contributed by atoms with Gasteiger partial charge in [0.25, 0.3) is 0 Å². The van der Waals surface area contributed by atoms with Gasteiger partial charge in [-0.05, 0) is 17.7 Å². The van der Waals surface area contributed by atoms with Gasteiger partial charge >= 0.3 is 0 Å². The molecule has 0 unspecified atom stereocenters. The van der Waals surface area contributed by atoms with Gasteiger partial charge in [-0.3, -0.25) is 4.79 Å². The zero-order valence-corrected chi connectivity index (χ0v) is 10.2. The SMILES string of the molecule is CN(Cc1ccc2ncoc2c1)C(=O)C1CNC1. The van der Waals surface area contributed by atoms with Crippen LogP contribution in [0.5, 0.6) is 0 Å². The first-order valence-corrected chi connectivity index (χ1v) is 6.02. The minimum absolute atomic E-state index is 0.143. The monoisotopic (exact) mass is 245 g/mol. The number of carbonyl (C=O) groups excluding carboxylic acids is 1. The largest absolute Gasteiger partial charge is 0.443 e. The number of oxazole rings is 1. The summed E-state index contributed by atoms with van der Waals surface area (Å²) >= 11 is 0. The quantitative estimate of drug-likeness (QED) is 0.876. The molecule has 0 spiro atoms. The summed E-state index contributed by atoms with van der Waals surface area (Å²) in [7, 11) is 1.84. The van der Waals surface area contributed by atoms with Crippen LogP contribution in [0, 0.1) is 5.92 Å². The Kier molecular flexibility index (Phi) is 2.76. The highest BCUT2D eigenvalue weighted by atomic mass is 16.3. The summed E-state index contributed by atoms with van der Waals surface area (Å²) in [6.45, 7) is 2.20. The Morgan fingerprint density at radius 3 is 3.11 bits per heavy atom. The van der Waals surface area contributed by atoms with Crippen LogP contribution in [0.4, 0.5) is 0 Å². The lowest BCUT2D eigenvalue weighted by Crippen LogP contribution is -2.50. The van der Waals surface area contributed by atoms with Crippen LogP contribution in [0.25, 0.3) is 11.1 Å². The topological polar surface area (TPSA) is 58.4 Å². The van der Waals surface area contributed by atoms with E-state index < -0.39 is 0 Å². The average Bonchev–Trinajstić information content (AvgIpc) is 2.73. The molecule has 18 heavy (non-hydrogen) atoms. The Morgan fingerprint density at radius 1 is 1.56 bits per heavy atom. The summed E-state index contributed by atoms with van der Waals surface area (Å²) in [5, 5.41) is 3.11. The van der Waals surface area contributed by atoms with Crippen molar-refractivity contribution >= 4 is 17.0 Å². The van der Waals surface area contributed by atoms with Crippen LogP contribution < -0.4 is 5.32 Å². The average molecular weight is 245 g/mol. The minimum Gasteiger partial charge on any atom is -0.443 e. The van der Waals surface area contributed by atoms with Gasteiger partial charge in [-0.2, -0.15) is 0 Å². The van der Waals surface area contributed by atoms with Crippen molar-refractivity contribution in [1.82, 2.24) is 15.2 Å². The number of benzene rings is 1. The molecule has 1 aliphatic rings. The minimum atomic E-state index is 0.143. The summed E-state index contributed by atoms with van der Waals surface area (Å²) in [5.74, 6) is 0.343. The van der Waals surface area contributed by atoms with E-state index >= 15 is 0 Å². The van der Waals surface area contributed by atoms with Crippen LogP contribution in [-0.4, -0.2) is 35.9 Å². The van der Waals surface area contributed by atoms with E-state index in [1.807, 2.05) is 25.2 Å². The molecule has 2 heterocycles. The predicted octanol–water partition coefficient (Wildman–Crippen LogP) is 1.01. The lowest BCUT2D eigenvalue weighted by atomic mass is 10.0. The van der Waals surface area contributed by atoms with E-state index in [0.29, 0.717) is 6.54 Å². The van der Waals surface area contributed by atoms with Crippen molar-refractivity contribution in [3.63, 3.8) is 0 Å². The molecule has 3 rings (SSSR count). The molecule has 94 valence electrons. The molecule has 5 nitrogen and oxygen atoms in total. The van der Waals surface area contributed by atoms with Crippen molar-refractivity contribution in [1.29, 1.82) is 0 Å². The van der Waals surface area contributed by atoms with Gasteiger partial charge in [-0.15, -0.1) is 0 Å². The summed E-state index contributed by atoms with van der Waals surface area (Å²) in [6.07, 6.45) is 1.43. The summed E-state index contributed by atoms with van der Waals surface area (Å²) in [5.41, 5.74) is 2.66. The number of amides is 1. The molecular weight excluding hydrogens is 230 g/mol. The predicted molar refractivity (Wildman–Crippen MR) is 66.8 cm³/mol. The lowest BCUT2D eigenvalue weighted by molar-refractivity contribution is -0.136. The Bertz CT molecular complexity index is 574. The highest BCUT2D eigenvalue weighted by Gasteiger charge is 2.27. The fourth-order valence-corrected chi connectivity index (χ4v) is 2.12. The molecule has 1 fully saturated rings. The number of nitrogens with one attached hydrogen (secondary N) is 1. The first kappa shape index (κ1) is 11.2. The van der Waals surface area contributed by atoms with E-state index in [1.165, 1.54) is 6.39 Å². The van der Waals surface area contributed by atoms with Crippen molar-refractivity contribution < 1.29 is 9.21 Å². The zero-order valence-electron chi connectivity index (χ0n) is 10.2. The maximum atomic E-state index is 12.0. The summed E-state index contributed by atoms with van der Waals surface area (Å²) in [4.78, 5) is 17.8. The number of hydrogen-bond donors (Lipinski definition) is 1. The number of hydrogen-bond acceptors (Lipinski definition) is 4. The highest BCUT2D eigenvalue weighted by molar-refractivity contribution is 5.80. The van der Waals surface area contributed by atoms with E-state index in [0.717, 1.165) is 29.8 Å². The van der Waals surface area contributed by atoms with E-state index in [-0.39, 0.29) is 11.8 Å². The first-order chi connectivity index (χ1) is 8.74.